The maximum absolute atomic E-state index is 13.0. The molecule has 1 saturated heterocycles. The highest BCUT2D eigenvalue weighted by molar-refractivity contribution is 6.29. The van der Waals surface area contributed by atoms with Gasteiger partial charge < -0.3 is 9.64 Å². The van der Waals surface area contributed by atoms with Gasteiger partial charge in [-0.3, -0.25) is 14.9 Å². The van der Waals surface area contributed by atoms with Gasteiger partial charge in [0.25, 0.3) is 5.91 Å². The molecule has 0 atom stereocenters. The Hall–Kier alpha value is -3.41. The van der Waals surface area contributed by atoms with E-state index in [1.807, 2.05) is 0 Å². The van der Waals surface area contributed by atoms with E-state index in [4.69, 9.17) is 11.6 Å². The number of hydrogen-bond acceptors (Lipinski definition) is 6. The number of anilines is 1. The van der Waals surface area contributed by atoms with E-state index in [9.17, 15) is 32.9 Å². The number of alkyl halides is 3. The summed E-state index contributed by atoms with van der Waals surface area (Å²) in [5.74, 6) is -1.78. The van der Waals surface area contributed by atoms with Crippen LogP contribution in [0.1, 0.15) is 19.4 Å². The largest absolute Gasteiger partial charge is 0.573 e. The number of hydrogen-bond donors (Lipinski definition) is 0. The third kappa shape index (κ3) is 4.38. The van der Waals surface area contributed by atoms with Crippen molar-refractivity contribution >= 4 is 34.9 Å². The minimum absolute atomic E-state index is 0.0202. The molecule has 3 rings (SSSR count). The van der Waals surface area contributed by atoms with Crippen molar-refractivity contribution in [3.63, 3.8) is 0 Å². The molecule has 3 amide bonds. The summed E-state index contributed by atoms with van der Waals surface area (Å²) in [6.45, 7) is 2.94. The van der Waals surface area contributed by atoms with Crippen molar-refractivity contribution in [3.05, 3.63) is 57.4 Å². The van der Waals surface area contributed by atoms with Crippen LogP contribution in [0.25, 0.3) is 0 Å². The summed E-state index contributed by atoms with van der Waals surface area (Å²) < 4.78 is 41.2. The highest BCUT2D eigenvalue weighted by atomic mass is 35.5. The standard InChI is InChI=1S/C18H14ClF3N4O5/c1-17(2)15(27)25(16(28)24(17)9-10-5-6-23-14(19)7-10)11-3-4-13(31-18(20,21)22)12(8-11)26(29)30/h3-8H,9H2,1-2H3. The second-order valence-electron chi connectivity index (χ2n) is 7.01. The van der Waals surface area contributed by atoms with Crippen molar-refractivity contribution in [2.24, 2.45) is 0 Å². The van der Waals surface area contributed by atoms with Crippen molar-refractivity contribution in [1.82, 2.24) is 9.88 Å². The predicted octanol–water partition coefficient (Wildman–Crippen LogP) is 4.29. The molecule has 0 N–H and O–H groups in total. The van der Waals surface area contributed by atoms with Gasteiger partial charge in [-0.15, -0.1) is 13.2 Å². The fourth-order valence-electron chi connectivity index (χ4n) is 3.05. The third-order valence-electron chi connectivity index (χ3n) is 4.58. The molecule has 31 heavy (non-hydrogen) atoms. The quantitative estimate of drug-likeness (QED) is 0.286. The van der Waals surface area contributed by atoms with Crippen molar-refractivity contribution < 1.29 is 32.4 Å². The fraction of sp³-hybridized carbons (Fsp3) is 0.278. The van der Waals surface area contributed by atoms with Crippen molar-refractivity contribution in [2.75, 3.05) is 4.90 Å². The summed E-state index contributed by atoms with van der Waals surface area (Å²) in [6.07, 6.45) is -3.73. The van der Waals surface area contributed by atoms with Crippen LogP contribution in [0, 0.1) is 10.1 Å². The average molecular weight is 459 g/mol. The Balaban J connectivity index is 1.99. The summed E-state index contributed by atoms with van der Waals surface area (Å²) in [4.78, 5) is 41.8. The lowest BCUT2D eigenvalue weighted by molar-refractivity contribution is -0.388. The van der Waals surface area contributed by atoms with Gasteiger partial charge in [0.1, 0.15) is 10.7 Å². The van der Waals surface area contributed by atoms with Crippen LogP contribution in [0.2, 0.25) is 5.15 Å². The second-order valence-corrected chi connectivity index (χ2v) is 7.40. The molecule has 1 aromatic carbocycles. The minimum atomic E-state index is -5.16. The molecular formula is C18H14ClF3N4O5. The zero-order chi connectivity index (χ0) is 23.1. The summed E-state index contributed by atoms with van der Waals surface area (Å²) in [6, 6.07) is 4.62. The summed E-state index contributed by atoms with van der Waals surface area (Å²) in [5, 5.41) is 11.4. The molecule has 0 spiro atoms. The van der Waals surface area contributed by atoms with Crippen LogP contribution in [0.3, 0.4) is 0 Å². The molecular weight excluding hydrogens is 445 g/mol. The molecule has 1 fully saturated rings. The van der Waals surface area contributed by atoms with Gasteiger partial charge in [-0.1, -0.05) is 11.6 Å². The van der Waals surface area contributed by atoms with Crippen LogP contribution in [-0.2, 0) is 11.3 Å². The molecule has 0 unspecified atom stereocenters. The first-order valence-electron chi connectivity index (χ1n) is 8.62. The highest BCUT2D eigenvalue weighted by Gasteiger charge is 2.52. The molecule has 9 nitrogen and oxygen atoms in total. The Labute approximate surface area is 178 Å². The van der Waals surface area contributed by atoms with Gasteiger partial charge in [0.15, 0.2) is 0 Å². The Bertz CT molecular complexity index is 1080. The van der Waals surface area contributed by atoms with Gasteiger partial charge in [0, 0.05) is 18.8 Å². The van der Waals surface area contributed by atoms with Crippen LogP contribution < -0.4 is 9.64 Å². The first-order valence-corrected chi connectivity index (χ1v) is 9.00. The van der Waals surface area contributed by atoms with Crippen molar-refractivity contribution in [3.8, 4) is 5.75 Å². The zero-order valence-corrected chi connectivity index (χ0v) is 16.8. The molecule has 1 aromatic heterocycles. The monoisotopic (exact) mass is 458 g/mol. The van der Waals surface area contributed by atoms with Crippen LogP contribution in [0.4, 0.5) is 29.3 Å². The topological polar surface area (TPSA) is 106 Å². The van der Waals surface area contributed by atoms with E-state index in [-0.39, 0.29) is 17.4 Å². The van der Waals surface area contributed by atoms with Crippen molar-refractivity contribution in [2.45, 2.75) is 32.3 Å². The maximum atomic E-state index is 13.0. The van der Waals surface area contributed by atoms with Crippen LogP contribution in [0.5, 0.6) is 5.75 Å². The second kappa shape index (κ2) is 7.69. The molecule has 1 aliphatic rings. The fourth-order valence-corrected chi connectivity index (χ4v) is 3.25. The van der Waals surface area contributed by atoms with Crippen LogP contribution in [0.15, 0.2) is 36.5 Å². The molecule has 2 aromatic rings. The number of urea groups is 1. The smallest absolute Gasteiger partial charge is 0.398 e. The molecule has 0 saturated carbocycles. The predicted molar refractivity (Wildman–Crippen MR) is 102 cm³/mol. The molecule has 2 heterocycles. The molecule has 0 bridgehead atoms. The summed E-state index contributed by atoms with van der Waals surface area (Å²) >= 11 is 5.85. The van der Waals surface area contributed by atoms with E-state index in [0.29, 0.717) is 22.6 Å². The van der Waals surface area contributed by atoms with E-state index in [2.05, 4.69) is 9.72 Å². The number of carbonyl (C=O) groups excluding carboxylic acids is 2. The number of benzene rings is 1. The molecule has 13 heteroatoms. The maximum Gasteiger partial charge on any atom is 0.573 e. The zero-order valence-electron chi connectivity index (χ0n) is 16.0. The first-order chi connectivity index (χ1) is 14.3. The van der Waals surface area contributed by atoms with E-state index >= 15 is 0 Å². The number of nitrogens with zero attached hydrogens (tertiary/aromatic N) is 4. The number of ether oxygens (including phenoxy) is 1. The van der Waals surface area contributed by atoms with Gasteiger partial charge in [0.05, 0.1) is 10.6 Å². The number of nitro groups is 1. The normalized spacial score (nSPS) is 16.1. The van der Waals surface area contributed by atoms with Gasteiger partial charge in [-0.25, -0.2) is 14.7 Å². The molecule has 164 valence electrons. The number of amides is 3. The third-order valence-corrected chi connectivity index (χ3v) is 4.78. The molecule has 1 aliphatic heterocycles. The van der Waals surface area contributed by atoms with E-state index in [1.54, 1.807) is 6.07 Å². The Morgan fingerprint density at radius 2 is 1.90 bits per heavy atom. The van der Waals surface area contributed by atoms with E-state index in [0.717, 1.165) is 6.07 Å². The number of halogens is 4. The number of rotatable bonds is 5. The van der Waals surface area contributed by atoms with Gasteiger partial charge >= 0.3 is 18.1 Å². The number of carbonyl (C=O) groups is 2. The lowest BCUT2D eigenvalue weighted by atomic mass is 10.0. The van der Waals surface area contributed by atoms with Gasteiger partial charge in [-0.2, -0.15) is 0 Å². The average Bonchev–Trinajstić information content (AvgIpc) is 2.81. The lowest BCUT2D eigenvalue weighted by Crippen LogP contribution is -2.43. The van der Waals surface area contributed by atoms with Crippen molar-refractivity contribution in [1.29, 1.82) is 0 Å². The minimum Gasteiger partial charge on any atom is -0.398 e. The number of aromatic nitrogens is 1. The van der Waals surface area contributed by atoms with Crippen LogP contribution in [-0.4, -0.2) is 38.6 Å². The number of nitro benzene ring substituents is 1. The molecule has 0 radical (unpaired) electrons. The van der Waals surface area contributed by atoms with E-state index in [1.165, 1.54) is 31.0 Å². The summed E-state index contributed by atoms with van der Waals surface area (Å²) in [5.41, 5.74) is -2.08. The SMILES string of the molecule is CC1(C)C(=O)N(c2ccc(OC(F)(F)F)c([N+](=O)[O-])c2)C(=O)N1Cc1ccnc(Cl)c1. The van der Waals surface area contributed by atoms with Gasteiger partial charge in [0.2, 0.25) is 5.75 Å². The first kappa shape index (κ1) is 22.3. The summed E-state index contributed by atoms with van der Waals surface area (Å²) in [7, 11) is 0. The van der Waals surface area contributed by atoms with E-state index < -0.39 is 40.2 Å². The highest BCUT2D eigenvalue weighted by Crippen LogP contribution is 2.39. The number of pyridine rings is 1. The Morgan fingerprint density at radius 3 is 2.48 bits per heavy atom. The van der Waals surface area contributed by atoms with Gasteiger partial charge in [-0.05, 0) is 43.7 Å². The Kier molecular flexibility index (Phi) is 5.53. The molecule has 0 aliphatic carbocycles. The number of imide groups is 1. The lowest BCUT2D eigenvalue weighted by Gasteiger charge is -2.27. The Morgan fingerprint density at radius 1 is 1.23 bits per heavy atom. The van der Waals surface area contributed by atoms with Crippen LogP contribution >= 0.6 is 11.6 Å².